The molecule has 1 atom stereocenters. The van der Waals surface area contributed by atoms with Crippen LogP contribution in [-0.2, 0) is 0 Å². The number of hydrogen-bond acceptors (Lipinski definition) is 1. The van der Waals surface area contributed by atoms with Crippen LogP contribution in [-0.4, -0.2) is 5.11 Å². The average molecular weight is 175 g/mol. The summed E-state index contributed by atoms with van der Waals surface area (Å²) in [5.74, 6) is -0.495. The summed E-state index contributed by atoms with van der Waals surface area (Å²) in [4.78, 5) is 0. The lowest BCUT2D eigenvalue weighted by Gasteiger charge is -2.06. The van der Waals surface area contributed by atoms with E-state index in [2.05, 4.69) is 0 Å². The zero-order chi connectivity index (χ0) is 8.43. The van der Waals surface area contributed by atoms with Crippen molar-refractivity contribution < 1.29 is 9.50 Å². The second-order valence-corrected chi connectivity index (χ2v) is 2.70. The first kappa shape index (κ1) is 8.50. The molecule has 0 aliphatic carbocycles. The maximum absolute atomic E-state index is 12.7. The molecule has 1 aromatic rings. The Morgan fingerprint density at radius 1 is 1.55 bits per heavy atom. The predicted molar refractivity (Wildman–Crippen MR) is 42.0 cm³/mol. The van der Waals surface area contributed by atoms with Crippen LogP contribution in [0.2, 0.25) is 5.02 Å². The highest BCUT2D eigenvalue weighted by atomic mass is 35.5. The van der Waals surface area contributed by atoms with Crippen molar-refractivity contribution in [3.63, 3.8) is 0 Å². The molecule has 0 bridgehead atoms. The van der Waals surface area contributed by atoms with Gasteiger partial charge in [-0.3, -0.25) is 0 Å². The number of benzene rings is 1. The van der Waals surface area contributed by atoms with Gasteiger partial charge < -0.3 is 5.11 Å². The number of aliphatic hydroxyl groups excluding tert-OH is 1. The standard InChI is InChI=1S/C8H8ClFO/c1-5(11)6-3-2-4-7(10)8(6)9/h2-5,11H,1H3. The maximum Gasteiger partial charge on any atom is 0.142 e. The minimum atomic E-state index is -0.724. The predicted octanol–water partition coefficient (Wildman–Crippen LogP) is 2.53. The van der Waals surface area contributed by atoms with Gasteiger partial charge in [-0.25, -0.2) is 4.39 Å². The van der Waals surface area contributed by atoms with E-state index in [4.69, 9.17) is 16.7 Å². The largest absolute Gasteiger partial charge is 0.389 e. The summed E-state index contributed by atoms with van der Waals surface area (Å²) in [6, 6.07) is 4.37. The van der Waals surface area contributed by atoms with Crippen molar-refractivity contribution in [2.75, 3.05) is 0 Å². The Hall–Kier alpha value is -0.600. The molecule has 0 radical (unpaired) electrons. The maximum atomic E-state index is 12.7. The Morgan fingerprint density at radius 2 is 2.18 bits per heavy atom. The lowest BCUT2D eigenvalue weighted by atomic mass is 10.1. The smallest absolute Gasteiger partial charge is 0.142 e. The number of rotatable bonds is 1. The van der Waals surface area contributed by atoms with Crippen LogP contribution in [0.25, 0.3) is 0 Å². The molecule has 0 aliphatic rings. The molecule has 0 saturated carbocycles. The molecule has 11 heavy (non-hydrogen) atoms. The van der Waals surface area contributed by atoms with Crippen LogP contribution in [0.4, 0.5) is 4.39 Å². The lowest BCUT2D eigenvalue weighted by Crippen LogP contribution is -1.93. The fourth-order valence-electron chi connectivity index (χ4n) is 0.843. The number of halogens is 2. The van der Waals surface area contributed by atoms with Gasteiger partial charge in [0.1, 0.15) is 5.82 Å². The van der Waals surface area contributed by atoms with Crippen LogP contribution >= 0.6 is 11.6 Å². The molecule has 1 N–H and O–H groups in total. The molecule has 60 valence electrons. The fourth-order valence-corrected chi connectivity index (χ4v) is 1.13. The van der Waals surface area contributed by atoms with Gasteiger partial charge in [0.2, 0.25) is 0 Å². The van der Waals surface area contributed by atoms with E-state index in [-0.39, 0.29) is 5.02 Å². The van der Waals surface area contributed by atoms with E-state index < -0.39 is 11.9 Å². The second kappa shape index (κ2) is 3.20. The summed E-state index contributed by atoms with van der Waals surface area (Å²) in [7, 11) is 0. The van der Waals surface area contributed by atoms with Crippen molar-refractivity contribution >= 4 is 11.6 Å². The van der Waals surface area contributed by atoms with E-state index >= 15 is 0 Å². The van der Waals surface area contributed by atoms with Gasteiger partial charge >= 0.3 is 0 Å². The zero-order valence-corrected chi connectivity index (χ0v) is 6.77. The Labute approximate surface area is 69.4 Å². The average Bonchev–Trinajstić information content (AvgIpc) is 1.94. The molecule has 0 spiro atoms. The van der Waals surface area contributed by atoms with Gasteiger partial charge in [-0.1, -0.05) is 23.7 Å². The van der Waals surface area contributed by atoms with E-state index in [1.165, 1.54) is 12.1 Å². The highest BCUT2D eigenvalue weighted by Crippen LogP contribution is 2.24. The van der Waals surface area contributed by atoms with Gasteiger partial charge in [0.25, 0.3) is 0 Å². The Morgan fingerprint density at radius 3 is 2.64 bits per heavy atom. The highest BCUT2D eigenvalue weighted by molar-refractivity contribution is 6.31. The molecule has 3 heteroatoms. The summed E-state index contributed by atoms with van der Waals surface area (Å²) in [6.07, 6.45) is -0.724. The van der Waals surface area contributed by atoms with E-state index in [1.54, 1.807) is 13.0 Å². The lowest BCUT2D eigenvalue weighted by molar-refractivity contribution is 0.199. The second-order valence-electron chi connectivity index (χ2n) is 2.32. The van der Waals surface area contributed by atoms with Crippen LogP contribution in [0.15, 0.2) is 18.2 Å². The Bertz CT molecular complexity index is 260. The van der Waals surface area contributed by atoms with Crippen LogP contribution in [0.5, 0.6) is 0 Å². The molecule has 0 aliphatic heterocycles. The SMILES string of the molecule is CC(O)c1cccc(F)c1Cl. The van der Waals surface area contributed by atoms with Crippen molar-refractivity contribution in [1.29, 1.82) is 0 Å². The molecule has 0 aromatic heterocycles. The third kappa shape index (κ3) is 1.70. The molecule has 1 rings (SSSR count). The summed E-state index contributed by atoms with van der Waals surface area (Å²) in [5.41, 5.74) is 0.423. The van der Waals surface area contributed by atoms with Gasteiger partial charge in [0.05, 0.1) is 11.1 Å². The van der Waals surface area contributed by atoms with Gasteiger partial charge in [-0.15, -0.1) is 0 Å². The van der Waals surface area contributed by atoms with E-state index in [0.717, 1.165) is 0 Å². The first-order valence-corrected chi connectivity index (χ1v) is 3.62. The van der Waals surface area contributed by atoms with Crippen LogP contribution in [0.3, 0.4) is 0 Å². The minimum absolute atomic E-state index is 0.00231. The topological polar surface area (TPSA) is 20.2 Å². The molecule has 0 saturated heterocycles. The van der Waals surface area contributed by atoms with Gasteiger partial charge in [-0.2, -0.15) is 0 Å². The first-order chi connectivity index (χ1) is 5.13. The quantitative estimate of drug-likeness (QED) is 0.694. The molecule has 0 amide bonds. The van der Waals surface area contributed by atoms with Crippen molar-refractivity contribution in [3.05, 3.63) is 34.6 Å². The number of aliphatic hydroxyl groups is 1. The van der Waals surface area contributed by atoms with Crippen molar-refractivity contribution in [2.24, 2.45) is 0 Å². The van der Waals surface area contributed by atoms with Crippen LogP contribution in [0, 0.1) is 5.82 Å². The molecule has 0 heterocycles. The Balaban J connectivity index is 3.17. The minimum Gasteiger partial charge on any atom is -0.389 e. The van der Waals surface area contributed by atoms with Gasteiger partial charge in [0, 0.05) is 5.56 Å². The first-order valence-electron chi connectivity index (χ1n) is 3.25. The molecular weight excluding hydrogens is 167 g/mol. The number of hydrogen-bond donors (Lipinski definition) is 1. The van der Waals surface area contributed by atoms with Gasteiger partial charge in [0.15, 0.2) is 0 Å². The molecule has 1 aromatic carbocycles. The van der Waals surface area contributed by atoms with E-state index in [0.29, 0.717) is 5.56 Å². The fraction of sp³-hybridized carbons (Fsp3) is 0.250. The summed E-state index contributed by atoms with van der Waals surface area (Å²) >= 11 is 5.55. The zero-order valence-electron chi connectivity index (χ0n) is 6.01. The van der Waals surface area contributed by atoms with Gasteiger partial charge in [-0.05, 0) is 13.0 Å². The van der Waals surface area contributed by atoms with Crippen molar-refractivity contribution in [1.82, 2.24) is 0 Å². The van der Waals surface area contributed by atoms with Crippen LogP contribution in [0.1, 0.15) is 18.6 Å². The summed E-state index contributed by atoms with van der Waals surface area (Å²) in [5, 5.41) is 9.08. The molecule has 1 unspecified atom stereocenters. The van der Waals surface area contributed by atoms with E-state index in [9.17, 15) is 4.39 Å². The molecule has 0 fully saturated rings. The molecular formula is C8H8ClFO. The monoisotopic (exact) mass is 174 g/mol. The highest BCUT2D eigenvalue weighted by Gasteiger charge is 2.08. The third-order valence-corrected chi connectivity index (χ3v) is 1.83. The third-order valence-electron chi connectivity index (χ3n) is 1.43. The molecule has 1 nitrogen and oxygen atoms in total. The van der Waals surface area contributed by atoms with Crippen molar-refractivity contribution in [3.8, 4) is 0 Å². The van der Waals surface area contributed by atoms with E-state index in [1.807, 2.05) is 0 Å². The summed E-state index contributed by atoms with van der Waals surface area (Å²) < 4.78 is 12.7. The normalized spacial score (nSPS) is 13.1. The summed E-state index contributed by atoms with van der Waals surface area (Å²) in [6.45, 7) is 1.54. The van der Waals surface area contributed by atoms with Crippen LogP contribution < -0.4 is 0 Å². The Kier molecular flexibility index (Phi) is 2.47. The van der Waals surface area contributed by atoms with Crippen molar-refractivity contribution in [2.45, 2.75) is 13.0 Å².